The average Bonchev–Trinajstić information content (AvgIpc) is 4.06. The molecule has 0 spiro atoms. The number of aromatic nitrogens is 1. The minimum Gasteiger partial charge on any atom is -0.460 e. The Bertz CT molecular complexity index is 2850. The number of carbonyl (C=O) groups excluding carboxylic acids is 9. The molecule has 22 nitrogen and oxygen atoms in total. The van der Waals surface area contributed by atoms with Crippen LogP contribution in [0.4, 0.5) is 4.39 Å². The van der Waals surface area contributed by atoms with Crippen LogP contribution in [0.2, 0.25) is 0 Å². The number of rotatable bonds is 19. The van der Waals surface area contributed by atoms with Crippen LogP contribution in [0.5, 0.6) is 0 Å². The summed E-state index contributed by atoms with van der Waals surface area (Å²) in [6, 6.07) is 11.9. The summed E-state index contributed by atoms with van der Waals surface area (Å²) < 4.78 is 25.6. The minimum atomic E-state index is -0.875. The fourth-order valence-corrected chi connectivity index (χ4v) is 9.30. The number of halogens is 1. The van der Waals surface area contributed by atoms with Crippen molar-refractivity contribution >= 4 is 71.1 Å². The number of primary amides is 1. The van der Waals surface area contributed by atoms with Crippen molar-refractivity contribution in [3.63, 3.8) is 0 Å². The topological polar surface area (TPSA) is 301 Å². The van der Waals surface area contributed by atoms with E-state index < -0.39 is 35.8 Å². The second-order valence-electron chi connectivity index (χ2n) is 19.6. The lowest BCUT2D eigenvalue weighted by molar-refractivity contribution is -0.147. The van der Waals surface area contributed by atoms with E-state index in [-0.39, 0.29) is 75.1 Å². The predicted octanol–water partition coefficient (Wildman–Crippen LogP) is 1.71. The number of ether oxygens (including phenoxy) is 2. The molecule has 3 unspecified atom stereocenters. The fraction of sp³-hybridized carbons (Fsp3) is 0.439. The summed E-state index contributed by atoms with van der Waals surface area (Å²) in [4.78, 5) is 108. The van der Waals surface area contributed by atoms with Gasteiger partial charge in [-0.1, -0.05) is 43.8 Å². The van der Waals surface area contributed by atoms with Gasteiger partial charge in [-0.2, -0.15) is 0 Å². The number of imide groups is 1. The zero-order valence-corrected chi connectivity index (χ0v) is 46.7. The maximum atomic E-state index is 14.9. The summed E-state index contributed by atoms with van der Waals surface area (Å²) in [6.07, 6.45) is 9.32. The van der Waals surface area contributed by atoms with E-state index in [0.717, 1.165) is 86.6 Å². The Morgan fingerprint density at radius 2 is 1.70 bits per heavy atom. The quantitative estimate of drug-likeness (QED) is 0.0389. The van der Waals surface area contributed by atoms with Crippen molar-refractivity contribution in [2.75, 3.05) is 74.3 Å². The predicted molar refractivity (Wildman–Crippen MR) is 297 cm³/mol. The van der Waals surface area contributed by atoms with E-state index >= 15 is 0 Å². The number of nitrogens with two attached hydrogens (primary N) is 1. The molecule has 8 N–H and O–H groups in total. The Labute approximate surface area is 465 Å². The molecule has 8 rings (SSSR count). The van der Waals surface area contributed by atoms with E-state index in [9.17, 15) is 42.7 Å². The number of allylic oxidation sites excluding steroid dienone is 1. The maximum Gasteiger partial charge on any atom is 0.313 e. The Morgan fingerprint density at radius 1 is 1.02 bits per heavy atom. The van der Waals surface area contributed by atoms with Gasteiger partial charge in [-0.15, -0.1) is 0 Å². The maximum absolute atomic E-state index is 14.9. The molecule has 0 fully saturated rings. The van der Waals surface area contributed by atoms with E-state index in [1.54, 1.807) is 27.0 Å². The molecule has 3 atom stereocenters. The number of pyridine rings is 1. The third-order valence-corrected chi connectivity index (χ3v) is 13.5. The van der Waals surface area contributed by atoms with Crippen LogP contribution in [0.15, 0.2) is 78.0 Å². The number of aliphatic hydroxyl groups excluding tert-OH is 1. The molecule has 0 saturated heterocycles. The number of hydrogen-bond donors (Lipinski definition) is 7. The minimum absolute atomic E-state index is 0.0341. The van der Waals surface area contributed by atoms with Crippen LogP contribution in [-0.4, -0.2) is 165 Å². The van der Waals surface area contributed by atoms with Crippen LogP contribution in [0.3, 0.4) is 0 Å². The highest BCUT2D eigenvalue weighted by Crippen LogP contribution is 2.50. The molecule has 0 saturated carbocycles. The number of aliphatic hydroxyl groups is 1. The fourth-order valence-electron chi connectivity index (χ4n) is 9.30. The number of benzene rings is 2. The van der Waals surface area contributed by atoms with Crippen molar-refractivity contribution in [2.45, 2.75) is 84.0 Å². The molecule has 80 heavy (non-hydrogen) atoms. The smallest absolute Gasteiger partial charge is 0.313 e. The standard InChI is InChI=1S/C27H28FN3O2.C16H24N2O3.C10H11N3O5.C3H9NO.CH3NO/c1-6-15-17-9-23-26-18(11-31(23)14(3)19(17)12-33-27(15)32)25-22(30(4)5)8-7-16-13(2)20(28)10-21(29-26)24(16)25;1-16(2,11-19)21-12-18-15(20)10-14(17-3)9-13-7-5-4-6-8-13;14-4-3-11-7(15)5-12-8(16)6-13-9(17)1-2-10(13)18;1-4-2-3-5;2-1-3/h9-10,15,22H,3,6-8,11-12H2,1-2,4-5H3;4-8,11,14,17H,9-10,12H2,1-3H3,(H,18,20);1-2,4H,3,5-6H2,(H,11,15)(H,12,16);4-5H,2-3H2,1H3;1H,(H2,2,3). The molecule has 3 aromatic rings. The number of nitrogens with one attached hydrogen (secondary N) is 5. The van der Waals surface area contributed by atoms with Gasteiger partial charge in [-0.05, 0) is 109 Å². The number of carbonyl (C=O) groups is 9. The number of likely N-dealkylation sites (N-methyl/N-ethyl adjacent to an activating group) is 2. The average molecular weight is 1110 g/mol. The number of nitrogens with zero attached hydrogens (tertiary/aromatic N) is 4. The van der Waals surface area contributed by atoms with Crippen LogP contribution in [0, 0.1) is 18.7 Å². The number of hydrogen-bond acceptors (Lipinski definition) is 17. The summed E-state index contributed by atoms with van der Waals surface area (Å²) in [5.74, 6) is -3.07. The number of aryl methyl sites for hydroxylation is 1. The number of amides is 6. The van der Waals surface area contributed by atoms with E-state index in [2.05, 4.69) is 68.9 Å². The second-order valence-corrected chi connectivity index (χ2v) is 19.6. The van der Waals surface area contributed by atoms with Crippen molar-refractivity contribution in [2.24, 2.45) is 11.7 Å². The third-order valence-electron chi connectivity index (χ3n) is 13.5. The Kier molecular flexibility index (Phi) is 25.1. The van der Waals surface area contributed by atoms with Gasteiger partial charge in [0.15, 0.2) is 6.29 Å². The molecule has 5 aliphatic rings. The second kappa shape index (κ2) is 31.1. The number of cyclic esters (lactones) is 1. The van der Waals surface area contributed by atoms with Crippen molar-refractivity contribution in [1.82, 2.24) is 46.3 Å². The van der Waals surface area contributed by atoms with E-state index in [4.69, 9.17) is 24.4 Å². The molecule has 1 aliphatic carbocycles. The van der Waals surface area contributed by atoms with Crippen LogP contribution in [-0.2, 0) is 72.0 Å². The van der Waals surface area contributed by atoms with E-state index in [1.165, 1.54) is 16.7 Å². The first-order chi connectivity index (χ1) is 38.1. The van der Waals surface area contributed by atoms with E-state index in [0.29, 0.717) is 38.5 Å². The van der Waals surface area contributed by atoms with Crippen molar-refractivity contribution in [3.8, 4) is 0 Å². The first-order valence-corrected chi connectivity index (χ1v) is 26.0. The van der Waals surface area contributed by atoms with Gasteiger partial charge in [0.05, 0.1) is 49.1 Å². The lowest BCUT2D eigenvalue weighted by Crippen LogP contribution is -2.44. The number of aldehydes is 2. The molecular weight excluding hydrogens is 1040 g/mol. The molecular formula is C57H75FN10O12. The van der Waals surface area contributed by atoms with Gasteiger partial charge in [0, 0.05) is 65.5 Å². The van der Waals surface area contributed by atoms with Crippen molar-refractivity contribution in [1.29, 1.82) is 0 Å². The molecule has 5 heterocycles. The van der Waals surface area contributed by atoms with Gasteiger partial charge in [-0.3, -0.25) is 38.5 Å². The Morgan fingerprint density at radius 3 is 2.27 bits per heavy atom. The monoisotopic (exact) mass is 1110 g/mol. The van der Waals surface area contributed by atoms with E-state index in [1.807, 2.05) is 51.2 Å². The Hall–Kier alpha value is -7.83. The van der Waals surface area contributed by atoms with Crippen LogP contribution in [0.25, 0.3) is 16.6 Å². The molecule has 0 bridgehead atoms. The van der Waals surface area contributed by atoms with Gasteiger partial charge in [-0.25, -0.2) is 9.37 Å². The highest BCUT2D eigenvalue weighted by atomic mass is 19.1. The first kappa shape index (κ1) is 64.7. The SMILES string of the molecule is C=C1C2=C(C=C3c4nc5cc(F)c(C)c6c5c(c4CN13)C(N(C)C)CC6)C(CC)C(=O)OC2.CNC(CC(=O)NCOC(C)(C)C=O)Cc1ccccc1.CNCCO.NC=O.O=CCNC(=O)CNC(=O)CN1C(=O)C=CC1=O. The molecule has 4 aliphatic heterocycles. The molecule has 1 aromatic heterocycles. The van der Waals surface area contributed by atoms with Crippen LogP contribution >= 0.6 is 0 Å². The molecule has 6 amide bonds. The van der Waals surface area contributed by atoms with Gasteiger partial charge in [0.2, 0.25) is 24.1 Å². The van der Waals surface area contributed by atoms with Gasteiger partial charge in [0.25, 0.3) is 11.8 Å². The van der Waals surface area contributed by atoms with Crippen molar-refractivity contribution in [3.05, 3.63) is 117 Å². The van der Waals surface area contributed by atoms with Crippen LogP contribution in [0.1, 0.15) is 79.6 Å². The zero-order valence-electron chi connectivity index (χ0n) is 46.7. The molecule has 0 radical (unpaired) electrons. The summed E-state index contributed by atoms with van der Waals surface area (Å²) in [6.45, 7) is 12.6. The van der Waals surface area contributed by atoms with Crippen molar-refractivity contribution < 1.29 is 62.1 Å². The molecule has 432 valence electrons. The third kappa shape index (κ3) is 17.1. The van der Waals surface area contributed by atoms with Crippen LogP contribution < -0.4 is 32.3 Å². The summed E-state index contributed by atoms with van der Waals surface area (Å²) in [7, 11) is 7.86. The lowest BCUT2D eigenvalue weighted by atomic mass is 9.81. The summed E-state index contributed by atoms with van der Waals surface area (Å²) in [5.41, 5.74) is 14.2. The molecule has 23 heteroatoms. The van der Waals surface area contributed by atoms with Gasteiger partial charge < -0.3 is 66.3 Å². The van der Waals surface area contributed by atoms with Gasteiger partial charge >= 0.3 is 5.97 Å². The number of fused-ring (bicyclic) bond motifs is 4. The normalized spacial score (nSPS) is 16.8. The highest BCUT2D eigenvalue weighted by molar-refractivity contribution is 6.14. The highest BCUT2D eigenvalue weighted by Gasteiger charge is 2.42. The summed E-state index contributed by atoms with van der Waals surface area (Å²) >= 11 is 0. The largest absolute Gasteiger partial charge is 0.460 e. The summed E-state index contributed by atoms with van der Waals surface area (Å²) in [5, 5.41) is 22.1. The Balaban J connectivity index is 0.000000255. The lowest BCUT2D eigenvalue weighted by Gasteiger charge is -2.35. The number of esters is 1. The zero-order chi connectivity index (χ0) is 59.3. The molecule has 2 aromatic carbocycles. The first-order valence-electron chi connectivity index (χ1n) is 26.0. The van der Waals surface area contributed by atoms with Gasteiger partial charge in [0.1, 0.15) is 37.6 Å².